The number of anilines is 2. The summed E-state index contributed by atoms with van der Waals surface area (Å²) >= 11 is 0. The number of nitrogens with one attached hydrogen (secondary N) is 1. The largest absolute Gasteiger partial charge is 0.497 e. The van der Waals surface area contributed by atoms with Crippen molar-refractivity contribution in [1.29, 1.82) is 0 Å². The number of rotatable bonds is 6. The van der Waals surface area contributed by atoms with E-state index in [1.54, 1.807) is 12.0 Å². The smallest absolute Gasteiger partial charge is 0.324 e. The van der Waals surface area contributed by atoms with Crippen LogP contribution in [-0.2, 0) is 11.3 Å². The molecule has 4 rings (SSSR count). The third-order valence-corrected chi connectivity index (χ3v) is 6.01. The van der Waals surface area contributed by atoms with Gasteiger partial charge in [0.2, 0.25) is 5.91 Å². The number of carbonyl (C=O) groups is 2. The van der Waals surface area contributed by atoms with E-state index in [1.807, 2.05) is 53.4 Å². The summed E-state index contributed by atoms with van der Waals surface area (Å²) in [4.78, 5) is 29.7. The van der Waals surface area contributed by atoms with Crippen LogP contribution >= 0.6 is 0 Å². The van der Waals surface area contributed by atoms with Crippen molar-refractivity contribution < 1.29 is 14.3 Å². The van der Waals surface area contributed by atoms with Crippen molar-refractivity contribution in [3.8, 4) is 5.75 Å². The van der Waals surface area contributed by atoms with Crippen molar-refractivity contribution in [2.75, 3.05) is 30.4 Å². The predicted octanol–water partition coefficient (Wildman–Crippen LogP) is 4.66. The Morgan fingerprint density at radius 3 is 2.57 bits per heavy atom. The predicted molar refractivity (Wildman–Crippen MR) is 118 cm³/mol. The van der Waals surface area contributed by atoms with Gasteiger partial charge in [-0.1, -0.05) is 43.2 Å². The zero-order valence-electron chi connectivity index (χ0n) is 17.5. The van der Waals surface area contributed by atoms with Gasteiger partial charge in [0, 0.05) is 31.6 Å². The van der Waals surface area contributed by atoms with E-state index in [1.165, 1.54) is 0 Å². The molecule has 6 nitrogen and oxygen atoms in total. The monoisotopic (exact) mass is 407 g/mol. The Balaban J connectivity index is 1.56. The van der Waals surface area contributed by atoms with Crippen LogP contribution in [0.5, 0.6) is 5.75 Å². The molecule has 6 heteroatoms. The summed E-state index contributed by atoms with van der Waals surface area (Å²) in [5.74, 6) is 0.745. The minimum Gasteiger partial charge on any atom is -0.497 e. The summed E-state index contributed by atoms with van der Waals surface area (Å²) in [6.45, 7) is 1.93. The fourth-order valence-electron chi connectivity index (χ4n) is 4.36. The molecule has 158 valence electrons. The van der Waals surface area contributed by atoms with Gasteiger partial charge in [-0.25, -0.2) is 4.79 Å². The molecule has 0 radical (unpaired) electrons. The van der Waals surface area contributed by atoms with E-state index in [-0.39, 0.29) is 17.9 Å². The van der Waals surface area contributed by atoms with Crippen LogP contribution in [0, 0.1) is 5.92 Å². The zero-order valence-corrected chi connectivity index (χ0v) is 17.5. The van der Waals surface area contributed by atoms with Gasteiger partial charge >= 0.3 is 6.03 Å². The molecule has 2 aromatic carbocycles. The van der Waals surface area contributed by atoms with Crippen LogP contribution in [0.3, 0.4) is 0 Å². The zero-order chi connectivity index (χ0) is 20.9. The average molecular weight is 408 g/mol. The lowest BCUT2D eigenvalue weighted by Gasteiger charge is -2.36. The number of urea groups is 1. The first-order chi connectivity index (χ1) is 14.7. The number of benzene rings is 2. The molecule has 0 bridgehead atoms. The highest BCUT2D eigenvalue weighted by Gasteiger charge is 2.30. The van der Waals surface area contributed by atoms with Crippen molar-refractivity contribution in [3.63, 3.8) is 0 Å². The molecule has 1 N–H and O–H groups in total. The van der Waals surface area contributed by atoms with Crippen molar-refractivity contribution >= 4 is 23.3 Å². The Kier molecular flexibility index (Phi) is 6.21. The third-order valence-electron chi connectivity index (χ3n) is 6.01. The van der Waals surface area contributed by atoms with E-state index in [0.717, 1.165) is 49.9 Å². The van der Waals surface area contributed by atoms with Gasteiger partial charge in [-0.2, -0.15) is 0 Å². The molecule has 0 unspecified atom stereocenters. The fraction of sp³-hybridized carbons (Fsp3) is 0.417. The van der Waals surface area contributed by atoms with Gasteiger partial charge in [0.15, 0.2) is 0 Å². The van der Waals surface area contributed by atoms with Gasteiger partial charge in [-0.15, -0.1) is 0 Å². The van der Waals surface area contributed by atoms with Crippen molar-refractivity contribution in [1.82, 2.24) is 4.90 Å². The van der Waals surface area contributed by atoms with Gasteiger partial charge in [0.25, 0.3) is 0 Å². The van der Waals surface area contributed by atoms with E-state index < -0.39 is 0 Å². The SMILES string of the molecule is COc1ccc(N2CCCN(Cc3ccccc3)C2=O)c(NC(=O)C2CCCC2)c1. The highest BCUT2D eigenvalue weighted by Crippen LogP contribution is 2.34. The second-order valence-electron chi connectivity index (χ2n) is 8.05. The Labute approximate surface area is 177 Å². The molecule has 2 aromatic rings. The van der Waals surface area contributed by atoms with Crippen LogP contribution in [0.2, 0.25) is 0 Å². The molecule has 1 aliphatic carbocycles. The molecule has 2 aliphatic rings. The average Bonchev–Trinajstić information content (AvgIpc) is 3.31. The van der Waals surface area contributed by atoms with E-state index in [2.05, 4.69) is 5.32 Å². The van der Waals surface area contributed by atoms with Gasteiger partial charge in [-0.05, 0) is 37.0 Å². The lowest BCUT2D eigenvalue weighted by Crippen LogP contribution is -2.49. The maximum Gasteiger partial charge on any atom is 0.324 e. The summed E-state index contributed by atoms with van der Waals surface area (Å²) in [6, 6.07) is 15.5. The van der Waals surface area contributed by atoms with Gasteiger partial charge in [0.05, 0.1) is 18.5 Å². The number of hydrogen-bond acceptors (Lipinski definition) is 3. The van der Waals surface area contributed by atoms with Crippen molar-refractivity contribution in [3.05, 3.63) is 54.1 Å². The first-order valence-electron chi connectivity index (χ1n) is 10.7. The van der Waals surface area contributed by atoms with Crippen LogP contribution in [0.4, 0.5) is 16.2 Å². The van der Waals surface area contributed by atoms with Crippen LogP contribution in [-0.4, -0.2) is 37.0 Å². The van der Waals surface area contributed by atoms with Crippen LogP contribution in [0.25, 0.3) is 0 Å². The quantitative estimate of drug-likeness (QED) is 0.758. The van der Waals surface area contributed by atoms with Gasteiger partial charge in [-0.3, -0.25) is 9.69 Å². The van der Waals surface area contributed by atoms with E-state index in [4.69, 9.17) is 4.74 Å². The van der Waals surface area contributed by atoms with Gasteiger partial charge in [0.1, 0.15) is 5.75 Å². The molecule has 30 heavy (non-hydrogen) atoms. The third kappa shape index (κ3) is 4.42. The minimum atomic E-state index is -0.0355. The Morgan fingerprint density at radius 2 is 1.83 bits per heavy atom. The topological polar surface area (TPSA) is 61.9 Å². The first-order valence-corrected chi connectivity index (χ1v) is 10.7. The summed E-state index contributed by atoms with van der Waals surface area (Å²) in [7, 11) is 1.60. The van der Waals surface area contributed by atoms with Crippen molar-refractivity contribution in [2.45, 2.75) is 38.6 Å². The highest BCUT2D eigenvalue weighted by molar-refractivity contribution is 6.01. The summed E-state index contributed by atoms with van der Waals surface area (Å²) in [5, 5.41) is 3.08. The number of hydrogen-bond donors (Lipinski definition) is 1. The van der Waals surface area contributed by atoms with Crippen LogP contribution in [0.15, 0.2) is 48.5 Å². The highest BCUT2D eigenvalue weighted by atomic mass is 16.5. The minimum absolute atomic E-state index is 0.0348. The van der Waals surface area contributed by atoms with E-state index in [0.29, 0.717) is 24.5 Å². The molecule has 1 saturated heterocycles. The van der Waals surface area contributed by atoms with Crippen LogP contribution in [0.1, 0.15) is 37.7 Å². The standard InChI is InChI=1S/C24H29N3O3/c1-30-20-12-13-22(21(16-20)25-23(28)19-10-5-6-11-19)27-15-7-14-26(24(27)29)17-18-8-3-2-4-9-18/h2-4,8-9,12-13,16,19H,5-7,10-11,14-15,17H2,1H3,(H,25,28). The fourth-order valence-corrected chi connectivity index (χ4v) is 4.36. The molecule has 3 amide bonds. The Hall–Kier alpha value is -3.02. The molecule has 1 heterocycles. The molecule has 1 saturated carbocycles. The summed E-state index contributed by atoms with van der Waals surface area (Å²) < 4.78 is 5.37. The molecular weight excluding hydrogens is 378 g/mol. The molecule has 0 aromatic heterocycles. The Bertz CT molecular complexity index is 894. The molecular formula is C24H29N3O3. The molecule has 0 atom stereocenters. The van der Waals surface area contributed by atoms with E-state index >= 15 is 0 Å². The second-order valence-corrected chi connectivity index (χ2v) is 8.05. The molecule has 0 spiro atoms. The van der Waals surface area contributed by atoms with Crippen molar-refractivity contribution in [2.24, 2.45) is 5.92 Å². The number of amides is 3. The van der Waals surface area contributed by atoms with E-state index in [9.17, 15) is 9.59 Å². The number of methoxy groups -OCH3 is 1. The lowest BCUT2D eigenvalue weighted by molar-refractivity contribution is -0.119. The normalized spacial score (nSPS) is 17.3. The lowest BCUT2D eigenvalue weighted by atomic mass is 10.1. The maximum absolute atomic E-state index is 13.3. The number of ether oxygens (including phenoxy) is 1. The van der Waals surface area contributed by atoms with Crippen LogP contribution < -0.4 is 15.0 Å². The summed E-state index contributed by atoms with van der Waals surface area (Å²) in [5.41, 5.74) is 2.48. The second kappa shape index (κ2) is 9.20. The molecule has 2 fully saturated rings. The maximum atomic E-state index is 13.3. The summed E-state index contributed by atoms with van der Waals surface area (Å²) in [6.07, 6.45) is 4.93. The van der Waals surface area contributed by atoms with Gasteiger partial charge < -0.3 is 15.0 Å². The number of carbonyl (C=O) groups excluding carboxylic acids is 2. The Morgan fingerprint density at radius 1 is 1.07 bits per heavy atom. The molecule has 1 aliphatic heterocycles. The number of nitrogens with zero attached hydrogens (tertiary/aromatic N) is 2. The first kappa shape index (κ1) is 20.3.